The Balaban J connectivity index is 1.67. The van der Waals surface area contributed by atoms with E-state index in [-0.39, 0.29) is 24.5 Å². The van der Waals surface area contributed by atoms with Crippen LogP contribution in [0.15, 0.2) is 53.4 Å². The van der Waals surface area contributed by atoms with Crippen LogP contribution in [0.25, 0.3) is 0 Å². The van der Waals surface area contributed by atoms with Crippen LogP contribution in [-0.2, 0) is 42.9 Å². The zero-order valence-corrected chi connectivity index (χ0v) is 26.4. The summed E-state index contributed by atoms with van der Waals surface area (Å²) in [4.78, 5) is 61.0. The van der Waals surface area contributed by atoms with E-state index in [2.05, 4.69) is 29.6 Å². The highest BCUT2D eigenvalue weighted by atomic mass is 32.2. The van der Waals surface area contributed by atoms with Crippen molar-refractivity contribution in [3.8, 4) is 0 Å². The van der Waals surface area contributed by atoms with E-state index in [1.807, 2.05) is 24.3 Å². The number of nitrogens with one attached hydrogen (secondary N) is 1. The number of thioether (sulfide) groups is 1. The monoisotopic (exact) mass is 625 g/mol. The Hall–Kier alpha value is -3.86. The molecule has 1 N–H and O–H groups in total. The van der Waals surface area contributed by atoms with Crippen molar-refractivity contribution < 1.29 is 42.9 Å². The van der Waals surface area contributed by atoms with Gasteiger partial charge in [0.05, 0.1) is 17.9 Å². The number of hydrogen-bond donors (Lipinski definition) is 1. The molecule has 5 unspecified atom stereocenters. The van der Waals surface area contributed by atoms with Gasteiger partial charge in [-0.05, 0) is 48.1 Å². The summed E-state index contributed by atoms with van der Waals surface area (Å²) in [5.74, 6) is -2.76. The standard InChI is InChI=1S/C33H39NO9S/c1-18(35)34-29-14-13-26(27-11-6-7-12-28(27)29)23-9-8-10-25(15-23)44-30-16-24(17-40-19(2)36)31(41-20(3)37)33(43-22(5)39)32(30)42-21(4)38/h6-12,15,24,26,29-33H,13-14,16-17H2,1-5H3,(H,34,35)/t24?,26?,29?,30-,31-,32?,33?/m1/s1. The smallest absolute Gasteiger partial charge is 0.303 e. The van der Waals surface area contributed by atoms with Gasteiger partial charge in [0.1, 0.15) is 6.10 Å². The van der Waals surface area contributed by atoms with Crippen molar-refractivity contribution in [1.29, 1.82) is 0 Å². The minimum Gasteiger partial charge on any atom is -0.465 e. The third-order valence-electron chi connectivity index (χ3n) is 7.84. The molecule has 1 saturated carbocycles. The molecule has 2 aliphatic rings. The van der Waals surface area contributed by atoms with Crippen LogP contribution >= 0.6 is 11.8 Å². The zero-order valence-electron chi connectivity index (χ0n) is 25.6. The third kappa shape index (κ3) is 8.40. The molecule has 236 valence electrons. The first kappa shape index (κ1) is 33.0. The summed E-state index contributed by atoms with van der Waals surface area (Å²) in [5.41, 5.74) is 3.37. The predicted molar refractivity (Wildman–Crippen MR) is 162 cm³/mol. The van der Waals surface area contributed by atoms with Gasteiger partial charge in [-0.15, -0.1) is 11.8 Å². The van der Waals surface area contributed by atoms with Crippen molar-refractivity contribution >= 4 is 41.5 Å². The second-order valence-electron chi connectivity index (χ2n) is 11.3. The molecule has 2 aliphatic carbocycles. The molecule has 0 spiro atoms. The summed E-state index contributed by atoms with van der Waals surface area (Å²) in [6, 6.07) is 16.2. The average molecular weight is 626 g/mol. The van der Waals surface area contributed by atoms with Crippen molar-refractivity contribution in [3.05, 3.63) is 65.2 Å². The van der Waals surface area contributed by atoms with Crippen LogP contribution in [0.5, 0.6) is 0 Å². The SMILES string of the molecule is CC(=O)NC1CCC(c2cccc(S[C@@H]3CC(COC(C)=O)[C@@H](OC(C)=O)C(OC(C)=O)C3OC(C)=O)c2)c2ccccc21. The first-order valence-electron chi connectivity index (χ1n) is 14.7. The van der Waals surface area contributed by atoms with Gasteiger partial charge in [-0.3, -0.25) is 24.0 Å². The molecule has 11 heteroatoms. The highest BCUT2D eigenvalue weighted by molar-refractivity contribution is 8.00. The zero-order chi connectivity index (χ0) is 32.0. The number of rotatable bonds is 9. The molecule has 0 saturated heterocycles. The van der Waals surface area contributed by atoms with E-state index in [1.165, 1.54) is 46.4 Å². The molecule has 0 bridgehead atoms. The molecule has 0 aliphatic heterocycles. The molecule has 0 heterocycles. The maximum atomic E-state index is 12.3. The largest absolute Gasteiger partial charge is 0.465 e. The van der Waals surface area contributed by atoms with Crippen LogP contribution in [0.1, 0.15) is 82.5 Å². The van der Waals surface area contributed by atoms with Crippen molar-refractivity contribution in [2.24, 2.45) is 5.92 Å². The van der Waals surface area contributed by atoms with Crippen molar-refractivity contribution in [1.82, 2.24) is 5.32 Å². The molecule has 2 aromatic carbocycles. The Morgan fingerprint density at radius 1 is 0.750 bits per heavy atom. The molecule has 1 fully saturated rings. The number of carbonyl (C=O) groups excluding carboxylic acids is 5. The van der Waals surface area contributed by atoms with Gasteiger partial charge in [0.15, 0.2) is 12.2 Å². The number of fused-ring (bicyclic) bond motifs is 1. The van der Waals surface area contributed by atoms with Gasteiger partial charge in [0.2, 0.25) is 5.91 Å². The van der Waals surface area contributed by atoms with Gasteiger partial charge in [-0.1, -0.05) is 36.4 Å². The molecule has 0 aromatic heterocycles. The lowest BCUT2D eigenvalue weighted by atomic mass is 9.77. The molecule has 0 radical (unpaired) electrons. The van der Waals surface area contributed by atoms with Gasteiger partial charge in [-0.25, -0.2) is 0 Å². The summed E-state index contributed by atoms with van der Waals surface area (Å²) in [6.45, 7) is 6.49. The van der Waals surface area contributed by atoms with E-state index >= 15 is 0 Å². The lowest BCUT2D eigenvalue weighted by Gasteiger charge is -2.44. The molecule has 7 atom stereocenters. The van der Waals surface area contributed by atoms with Crippen molar-refractivity contribution in [2.45, 2.75) is 94.3 Å². The lowest BCUT2D eigenvalue weighted by Crippen LogP contribution is -2.58. The van der Waals surface area contributed by atoms with E-state index in [1.54, 1.807) is 0 Å². The molecular weight excluding hydrogens is 586 g/mol. The molecule has 10 nitrogen and oxygen atoms in total. The van der Waals surface area contributed by atoms with Crippen LogP contribution < -0.4 is 5.32 Å². The minimum atomic E-state index is -1.11. The summed E-state index contributed by atoms with van der Waals surface area (Å²) in [5, 5.41) is 2.64. The number of benzene rings is 2. The summed E-state index contributed by atoms with van der Waals surface area (Å²) >= 11 is 1.47. The molecule has 44 heavy (non-hydrogen) atoms. The average Bonchev–Trinajstić information content (AvgIpc) is 2.94. The van der Waals surface area contributed by atoms with Crippen molar-refractivity contribution in [3.63, 3.8) is 0 Å². The van der Waals surface area contributed by atoms with E-state index in [0.29, 0.717) is 6.42 Å². The summed E-state index contributed by atoms with van der Waals surface area (Å²) in [6.07, 6.45) is -1.03. The number of ether oxygens (including phenoxy) is 4. The van der Waals surface area contributed by atoms with Crippen LogP contribution in [0.4, 0.5) is 0 Å². The second kappa shape index (κ2) is 14.7. The van der Waals surface area contributed by atoms with Crippen LogP contribution in [0, 0.1) is 5.92 Å². The van der Waals surface area contributed by atoms with Crippen LogP contribution in [0.2, 0.25) is 0 Å². The maximum absolute atomic E-state index is 12.3. The van der Waals surface area contributed by atoms with Crippen molar-refractivity contribution in [2.75, 3.05) is 6.61 Å². The summed E-state index contributed by atoms with van der Waals surface area (Å²) < 4.78 is 22.3. The minimum absolute atomic E-state index is 0.0400. The number of esters is 4. The Morgan fingerprint density at radius 2 is 1.39 bits per heavy atom. The first-order chi connectivity index (χ1) is 20.9. The first-order valence-corrected chi connectivity index (χ1v) is 15.6. The Morgan fingerprint density at radius 3 is 2.02 bits per heavy atom. The van der Waals surface area contributed by atoms with Gasteiger partial charge < -0.3 is 24.3 Å². The normalized spacial score (nSPS) is 26.0. The Bertz CT molecular complexity index is 1390. The van der Waals surface area contributed by atoms with Gasteiger partial charge in [0, 0.05) is 51.3 Å². The third-order valence-corrected chi connectivity index (χ3v) is 9.13. The molecule has 2 aromatic rings. The Labute approximate surface area is 261 Å². The number of carbonyl (C=O) groups is 5. The summed E-state index contributed by atoms with van der Waals surface area (Å²) in [7, 11) is 0. The fraction of sp³-hybridized carbons (Fsp3) is 0.485. The predicted octanol–water partition coefficient (Wildman–Crippen LogP) is 4.63. The highest BCUT2D eigenvalue weighted by Gasteiger charge is 2.51. The van der Waals surface area contributed by atoms with Crippen LogP contribution in [-0.4, -0.2) is 60.0 Å². The van der Waals surface area contributed by atoms with Gasteiger partial charge in [-0.2, -0.15) is 0 Å². The van der Waals surface area contributed by atoms with E-state index in [4.69, 9.17) is 18.9 Å². The Kier molecular flexibility index (Phi) is 11.1. The van der Waals surface area contributed by atoms with Gasteiger partial charge >= 0.3 is 23.9 Å². The lowest BCUT2D eigenvalue weighted by molar-refractivity contribution is -0.198. The van der Waals surface area contributed by atoms with E-state index in [9.17, 15) is 24.0 Å². The van der Waals surface area contributed by atoms with E-state index < -0.39 is 53.4 Å². The second-order valence-corrected chi connectivity index (χ2v) is 12.6. The quantitative estimate of drug-likeness (QED) is 0.311. The van der Waals surface area contributed by atoms with E-state index in [0.717, 1.165) is 34.4 Å². The fourth-order valence-corrected chi connectivity index (χ4v) is 7.66. The highest BCUT2D eigenvalue weighted by Crippen LogP contribution is 2.44. The topological polar surface area (TPSA) is 134 Å². The molecule has 1 amide bonds. The fourth-order valence-electron chi connectivity index (χ4n) is 6.26. The molecule has 4 rings (SSSR count). The van der Waals surface area contributed by atoms with Gasteiger partial charge in [0.25, 0.3) is 0 Å². The number of amides is 1. The van der Waals surface area contributed by atoms with Crippen LogP contribution in [0.3, 0.4) is 0 Å². The number of hydrogen-bond acceptors (Lipinski definition) is 10. The maximum Gasteiger partial charge on any atom is 0.303 e. The molecular formula is C33H39NO9S.